The number of rotatable bonds is 5. The van der Waals surface area contributed by atoms with Crippen molar-refractivity contribution in [3.63, 3.8) is 0 Å². The third-order valence-corrected chi connectivity index (χ3v) is 2.85. The van der Waals surface area contributed by atoms with Crippen molar-refractivity contribution in [1.29, 1.82) is 0 Å². The molecule has 0 aliphatic carbocycles. The molecule has 1 unspecified atom stereocenters. The zero-order valence-corrected chi connectivity index (χ0v) is 10.7. The molecule has 0 fully saturated rings. The van der Waals surface area contributed by atoms with Crippen molar-refractivity contribution in [1.82, 2.24) is 5.32 Å². The Labute approximate surface area is 109 Å². The van der Waals surface area contributed by atoms with Gasteiger partial charge in [0.15, 0.2) is 0 Å². The lowest BCUT2D eigenvalue weighted by atomic mass is 10.1. The Hall–Kier alpha value is -1.86. The van der Waals surface area contributed by atoms with E-state index in [0.29, 0.717) is 6.04 Å². The average Bonchev–Trinajstić information content (AvgIpc) is 2.45. The van der Waals surface area contributed by atoms with Gasteiger partial charge in [-0.25, -0.2) is 0 Å². The van der Waals surface area contributed by atoms with Crippen molar-refractivity contribution in [3.8, 4) is 0 Å². The van der Waals surface area contributed by atoms with Crippen molar-refractivity contribution in [2.45, 2.75) is 19.5 Å². The highest BCUT2D eigenvalue weighted by atomic mass is 14.9. The first-order chi connectivity index (χ1) is 8.84. The van der Waals surface area contributed by atoms with Gasteiger partial charge >= 0.3 is 0 Å². The van der Waals surface area contributed by atoms with Crippen molar-refractivity contribution < 1.29 is 0 Å². The van der Waals surface area contributed by atoms with E-state index in [4.69, 9.17) is 0 Å². The lowest BCUT2D eigenvalue weighted by molar-refractivity contribution is 0.635. The molecule has 1 atom stereocenters. The fourth-order valence-electron chi connectivity index (χ4n) is 1.76. The lowest BCUT2D eigenvalue weighted by Crippen LogP contribution is -2.23. The summed E-state index contributed by atoms with van der Waals surface area (Å²) >= 11 is 0. The van der Waals surface area contributed by atoms with Crippen LogP contribution in [0.3, 0.4) is 0 Å². The van der Waals surface area contributed by atoms with Crippen molar-refractivity contribution in [2.24, 2.45) is 0 Å². The summed E-state index contributed by atoms with van der Waals surface area (Å²) in [5.74, 6) is 0. The SMILES string of the molecule is CC(C=Cc1ccccc1)NCc1ccccc1. The van der Waals surface area contributed by atoms with Gasteiger partial charge in [0.1, 0.15) is 0 Å². The van der Waals surface area contributed by atoms with Crippen LogP contribution in [0.5, 0.6) is 0 Å². The van der Waals surface area contributed by atoms with Crippen molar-refractivity contribution in [3.05, 3.63) is 77.9 Å². The second-order valence-electron chi connectivity index (χ2n) is 4.42. The Balaban J connectivity index is 1.82. The van der Waals surface area contributed by atoms with E-state index in [-0.39, 0.29) is 0 Å². The van der Waals surface area contributed by atoms with Gasteiger partial charge in [0.05, 0.1) is 0 Å². The first-order valence-corrected chi connectivity index (χ1v) is 6.35. The van der Waals surface area contributed by atoms with Crippen LogP contribution in [0.1, 0.15) is 18.1 Å². The Morgan fingerprint density at radius 2 is 1.56 bits per heavy atom. The van der Waals surface area contributed by atoms with Crippen LogP contribution in [0.25, 0.3) is 6.08 Å². The standard InChI is InChI=1S/C17H19N/c1-15(12-13-16-8-4-2-5-9-16)18-14-17-10-6-3-7-11-17/h2-13,15,18H,14H2,1H3. The molecule has 0 saturated heterocycles. The Bertz CT molecular complexity index is 473. The van der Waals surface area contributed by atoms with Crippen LogP contribution in [0, 0.1) is 0 Å². The van der Waals surface area contributed by atoms with Gasteiger partial charge in [0.2, 0.25) is 0 Å². The van der Waals surface area contributed by atoms with Gasteiger partial charge in [-0.15, -0.1) is 0 Å². The predicted octanol–water partition coefficient (Wildman–Crippen LogP) is 3.88. The summed E-state index contributed by atoms with van der Waals surface area (Å²) in [7, 11) is 0. The average molecular weight is 237 g/mol. The van der Waals surface area contributed by atoms with Crippen LogP contribution in [0.15, 0.2) is 66.7 Å². The minimum absolute atomic E-state index is 0.366. The van der Waals surface area contributed by atoms with E-state index in [1.54, 1.807) is 0 Å². The van der Waals surface area contributed by atoms with E-state index < -0.39 is 0 Å². The molecule has 1 heteroatoms. The molecular formula is C17H19N. The molecular weight excluding hydrogens is 218 g/mol. The smallest absolute Gasteiger partial charge is 0.0228 e. The van der Waals surface area contributed by atoms with E-state index in [1.165, 1.54) is 11.1 Å². The molecule has 0 heterocycles. The van der Waals surface area contributed by atoms with Crippen LogP contribution >= 0.6 is 0 Å². The van der Waals surface area contributed by atoms with E-state index in [1.807, 2.05) is 12.1 Å². The Morgan fingerprint density at radius 1 is 0.944 bits per heavy atom. The second-order valence-corrected chi connectivity index (χ2v) is 4.42. The molecule has 0 spiro atoms. The second kappa shape index (κ2) is 6.77. The third kappa shape index (κ3) is 4.19. The first kappa shape index (κ1) is 12.6. The highest BCUT2D eigenvalue weighted by Gasteiger charge is 1.96. The largest absolute Gasteiger partial charge is 0.307 e. The van der Waals surface area contributed by atoms with Crippen LogP contribution < -0.4 is 5.32 Å². The Kier molecular flexibility index (Phi) is 4.74. The molecule has 2 aromatic carbocycles. The molecule has 2 aromatic rings. The summed E-state index contributed by atoms with van der Waals surface area (Å²) in [6, 6.07) is 21.2. The summed E-state index contributed by atoms with van der Waals surface area (Å²) in [5.41, 5.74) is 2.56. The first-order valence-electron chi connectivity index (χ1n) is 6.35. The summed E-state index contributed by atoms with van der Waals surface area (Å²) in [5, 5.41) is 3.48. The minimum atomic E-state index is 0.366. The van der Waals surface area contributed by atoms with E-state index >= 15 is 0 Å². The quantitative estimate of drug-likeness (QED) is 0.832. The van der Waals surface area contributed by atoms with Gasteiger partial charge in [-0.1, -0.05) is 72.8 Å². The van der Waals surface area contributed by atoms with Crippen LogP contribution in [0.4, 0.5) is 0 Å². The Morgan fingerprint density at radius 3 is 2.22 bits per heavy atom. The van der Waals surface area contributed by atoms with Crippen molar-refractivity contribution >= 4 is 6.08 Å². The van der Waals surface area contributed by atoms with Gasteiger partial charge in [0, 0.05) is 12.6 Å². The number of hydrogen-bond acceptors (Lipinski definition) is 1. The van der Waals surface area contributed by atoms with Gasteiger partial charge in [0.25, 0.3) is 0 Å². The zero-order chi connectivity index (χ0) is 12.6. The van der Waals surface area contributed by atoms with Crippen LogP contribution in [-0.4, -0.2) is 6.04 Å². The molecule has 0 aliphatic rings. The molecule has 92 valence electrons. The van der Waals surface area contributed by atoms with Crippen molar-refractivity contribution in [2.75, 3.05) is 0 Å². The predicted molar refractivity (Wildman–Crippen MR) is 78.2 cm³/mol. The van der Waals surface area contributed by atoms with E-state index in [0.717, 1.165) is 6.54 Å². The molecule has 0 saturated carbocycles. The molecule has 18 heavy (non-hydrogen) atoms. The molecule has 1 N–H and O–H groups in total. The van der Waals surface area contributed by atoms with Gasteiger partial charge < -0.3 is 5.32 Å². The molecule has 0 aromatic heterocycles. The monoisotopic (exact) mass is 237 g/mol. The van der Waals surface area contributed by atoms with Crippen LogP contribution in [-0.2, 0) is 6.54 Å². The van der Waals surface area contributed by atoms with Gasteiger partial charge in [-0.2, -0.15) is 0 Å². The highest BCUT2D eigenvalue weighted by molar-refractivity contribution is 5.49. The lowest BCUT2D eigenvalue weighted by Gasteiger charge is -2.09. The molecule has 0 bridgehead atoms. The molecule has 1 nitrogen and oxygen atoms in total. The highest BCUT2D eigenvalue weighted by Crippen LogP contribution is 2.03. The summed E-state index contributed by atoms with van der Waals surface area (Å²) in [6.07, 6.45) is 4.35. The third-order valence-electron chi connectivity index (χ3n) is 2.85. The maximum absolute atomic E-state index is 3.48. The molecule has 0 radical (unpaired) electrons. The maximum Gasteiger partial charge on any atom is 0.0228 e. The zero-order valence-electron chi connectivity index (χ0n) is 10.7. The van der Waals surface area contributed by atoms with Crippen LogP contribution in [0.2, 0.25) is 0 Å². The molecule has 0 aliphatic heterocycles. The van der Waals surface area contributed by atoms with E-state index in [2.05, 4.69) is 72.9 Å². The number of hydrogen-bond donors (Lipinski definition) is 1. The van der Waals surface area contributed by atoms with Gasteiger partial charge in [-0.3, -0.25) is 0 Å². The summed E-state index contributed by atoms with van der Waals surface area (Å²) < 4.78 is 0. The fourth-order valence-corrected chi connectivity index (χ4v) is 1.76. The minimum Gasteiger partial charge on any atom is -0.307 e. The van der Waals surface area contributed by atoms with E-state index in [9.17, 15) is 0 Å². The molecule has 0 amide bonds. The fraction of sp³-hybridized carbons (Fsp3) is 0.176. The summed E-state index contributed by atoms with van der Waals surface area (Å²) in [4.78, 5) is 0. The summed E-state index contributed by atoms with van der Waals surface area (Å²) in [6.45, 7) is 3.07. The number of nitrogens with one attached hydrogen (secondary N) is 1. The molecule has 2 rings (SSSR count). The number of benzene rings is 2. The topological polar surface area (TPSA) is 12.0 Å². The van der Waals surface area contributed by atoms with Gasteiger partial charge in [-0.05, 0) is 18.1 Å². The maximum atomic E-state index is 3.48. The normalized spacial score (nSPS) is 12.7.